The Hall–Kier alpha value is -0.120. The zero-order chi connectivity index (χ0) is 12.0. The van der Waals surface area contributed by atoms with Gasteiger partial charge in [-0.1, -0.05) is 33.1 Å². The minimum atomic E-state index is -0.164. The first-order valence-corrected chi connectivity index (χ1v) is 6.55. The fraction of sp³-hybridized carbons (Fsp3) is 1.00. The van der Waals surface area contributed by atoms with Crippen molar-refractivity contribution in [2.45, 2.75) is 52.0 Å². The molecule has 0 bridgehead atoms. The first-order valence-electron chi connectivity index (χ1n) is 6.55. The molecule has 0 unspecified atom stereocenters. The van der Waals surface area contributed by atoms with E-state index in [0.717, 1.165) is 12.5 Å². The summed E-state index contributed by atoms with van der Waals surface area (Å²) in [6, 6.07) is -0.164. The molecule has 3 heteroatoms. The van der Waals surface area contributed by atoms with Gasteiger partial charge in [0.1, 0.15) is 0 Å². The second kappa shape index (κ2) is 6.58. The molecule has 0 aromatic heterocycles. The van der Waals surface area contributed by atoms with Crippen LogP contribution < -0.4 is 5.32 Å². The third-order valence-corrected chi connectivity index (χ3v) is 4.00. The molecule has 1 saturated carbocycles. The monoisotopic (exact) mass is 229 g/mol. The molecule has 1 fully saturated rings. The van der Waals surface area contributed by atoms with Crippen molar-refractivity contribution in [3.05, 3.63) is 0 Å². The molecule has 0 heterocycles. The quantitative estimate of drug-likeness (QED) is 0.647. The maximum Gasteiger partial charge on any atom is 0.0607 e. The first-order chi connectivity index (χ1) is 7.60. The Labute approximate surface area is 99.3 Å². The predicted molar refractivity (Wildman–Crippen MR) is 66.3 cm³/mol. The molecule has 0 aromatic carbocycles. The summed E-state index contributed by atoms with van der Waals surface area (Å²) in [5, 5.41) is 21.3. The molecule has 0 saturated heterocycles. The van der Waals surface area contributed by atoms with Gasteiger partial charge in [-0.25, -0.2) is 0 Å². The molecule has 3 nitrogen and oxygen atoms in total. The molecule has 16 heavy (non-hydrogen) atoms. The molecule has 3 N–H and O–H groups in total. The lowest BCUT2D eigenvalue weighted by Crippen LogP contribution is -2.44. The summed E-state index contributed by atoms with van der Waals surface area (Å²) in [4.78, 5) is 0. The Morgan fingerprint density at radius 3 is 2.19 bits per heavy atom. The smallest absolute Gasteiger partial charge is 0.0607 e. The van der Waals surface area contributed by atoms with Crippen molar-refractivity contribution in [1.29, 1.82) is 0 Å². The summed E-state index contributed by atoms with van der Waals surface area (Å²) < 4.78 is 0. The predicted octanol–water partition coefficient (Wildman–Crippen LogP) is 1.54. The fourth-order valence-corrected chi connectivity index (χ4v) is 2.62. The van der Waals surface area contributed by atoms with Gasteiger partial charge in [0, 0.05) is 6.54 Å². The lowest BCUT2D eigenvalue weighted by Gasteiger charge is -2.38. The topological polar surface area (TPSA) is 52.5 Å². The van der Waals surface area contributed by atoms with E-state index in [1.54, 1.807) is 0 Å². The molecule has 0 aliphatic heterocycles. The lowest BCUT2D eigenvalue weighted by atomic mass is 9.71. The van der Waals surface area contributed by atoms with E-state index in [9.17, 15) is 0 Å². The van der Waals surface area contributed by atoms with Crippen molar-refractivity contribution >= 4 is 0 Å². The van der Waals surface area contributed by atoms with Crippen molar-refractivity contribution in [3.63, 3.8) is 0 Å². The van der Waals surface area contributed by atoms with Crippen LogP contribution in [0, 0.1) is 11.3 Å². The SMILES string of the molecule is CC(C)(CNC(CO)CO)C1CCCCC1. The molecule has 0 radical (unpaired) electrons. The van der Waals surface area contributed by atoms with Crippen LogP contribution in [-0.2, 0) is 0 Å². The summed E-state index contributed by atoms with van der Waals surface area (Å²) in [7, 11) is 0. The highest BCUT2D eigenvalue weighted by atomic mass is 16.3. The van der Waals surface area contributed by atoms with Gasteiger partial charge < -0.3 is 15.5 Å². The maximum atomic E-state index is 9.01. The summed E-state index contributed by atoms with van der Waals surface area (Å²) in [5.41, 5.74) is 0.267. The number of rotatable bonds is 6. The normalized spacial score (nSPS) is 19.3. The Morgan fingerprint density at radius 1 is 1.12 bits per heavy atom. The molecule has 1 aliphatic carbocycles. The average Bonchev–Trinajstić information content (AvgIpc) is 2.31. The van der Waals surface area contributed by atoms with Gasteiger partial charge in [0.15, 0.2) is 0 Å². The summed E-state index contributed by atoms with van der Waals surface area (Å²) in [6.07, 6.45) is 6.76. The fourth-order valence-electron chi connectivity index (χ4n) is 2.62. The van der Waals surface area contributed by atoms with E-state index in [1.165, 1.54) is 32.1 Å². The highest BCUT2D eigenvalue weighted by Crippen LogP contribution is 2.37. The molecule has 0 amide bonds. The van der Waals surface area contributed by atoms with Crippen LogP contribution in [0.2, 0.25) is 0 Å². The molecule has 1 aliphatic rings. The number of aliphatic hydroxyl groups is 2. The minimum absolute atomic E-state index is 0.0112. The molecular weight excluding hydrogens is 202 g/mol. The van der Waals surface area contributed by atoms with Crippen molar-refractivity contribution < 1.29 is 10.2 Å². The molecule has 0 aromatic rings. The van der Waals surface area contributed by atoms with Gasteiger partial charge in [-0.3, -0.25) is 0 Å². The van der Waals surface area contributed by atoms with Crippen LogP contribution in [-0.4, -0.2) is 36.0 Å². The zero-order valence-electron chi connectivity index (χ0n) is 10.7. The largest absolute Gasteiger partial charge is 0.395 e. The molecular formula is C13H27NO2. The van der Waals surface area contributed by atoms with Crippen LogP contribution in [0.1, 0.15) is 46.0 Å². The Morgan fingerprint density at radius 2 is 1.69 bits per heavy atom. The number of hydrogen-bond acceptors (Lipinski definition) is 3. The van der Waals surface area contributed by atoms with E-state index in [-0.39, 0.29) is 24.7 Å². The van der Waals surface area contributed by atoms with Gasteiger partial charge in [-0.2, -0.15) is 0 Å². The Balaban J connectivity index is 2.37. The minimum Gasteiger partial charge on any atom is -0.395 e. The Kier molecular flexibility index (Phi) is 5.73. The van der Waals surface area contributed by atoms with Crippen molar-refractivity contribution in [3.8, 4) is 0 Å². The van der Waals surface area contributed by atoms with Crippen molar-refractivity contribution in [2.24, 2.45) is 11.3 Å². The van der Waals surface area contributed by atoms with Gasteiger partial charge in [-0.15, -0.1) is 0 Å². The van der Waals surface area contributed by atoms with Crippen LogP contribution in [0.5, 0.6) is 0 Å². The van der Waals surface area contributed by atoms with E-state index in [2.05, 4.69) is 19.2 Å². The summed E-state index contributed by atoms with van der Waals surface area (Å²) in [6.45, 7) is 5.49. The van der Waals surface area contributed by atoms with Crippen LogP contribution in [0.4, 0.5) is 0 Å². The van der Waals surface area contributed by atoms with Gasteiger partial charge in [0.2, 0.25) is 0 Å². The molecule has 0 atom stereocenters. The van der Waals surface area contributed by atoms with Crippen LogP contribution in [0.3, 0.4) is 0 Å². The van der Waals surface area contributed by atoms with E-state index in [1.807, 2.05) is 0 Å². The molecule has 1 rings (SSSR count). The number of nitrogens with one attached hydrogen (secondary N) is 1. The zero-order valence-corrected chi connectivity index (χ0v) is 10.7. The van der Waals surface area contributed by atoms with E-state index < -0.39 is 0 Å². The van der Waals surface area contributed by atoms with E-state index >= 15 is 0 Å². The third-order valence-electron chi connectivity index (χ3n) is 4.00. The lowest BCUT2D eigenvalue weighted by molar-refractivity contribution is 0.122. The van der Waals surface area contributed by atoms with Gasteiger partial charge in [0.25, 0.3) is 0 Å². The van der Waals surface area contributed by atoms with E-state index in [4.69, 9.17) is 10.2 Å². The highest BCUT2D eigenvalue weighted by Gasteiger charge is 2.30. The van der Waals surface area contributed by atoms with Crippen LogP contribution in [0.25, 0.3) is 0 Å². The average molecular weight is 229 g/mol. The Bertz CT molecular complexity index is 184. The van der Waals surface area contributed by atoms with Gasteiger partial charge >= 0.3 is 0 Å². The third kappa shape index (κ3) is 4.04. The second-order valence-corrected chi connectivity index (χ2v) is 5.77. The first kappa shape index (κ1) is 13.9. The molecule has 0 spiro atoms. The molecule has 96 valence electrons. The maximum absolute atomic E-state index is 9.01. The number of aliphatic hydroxyl groups excluding tert-OH is 2. The van der Waals surface area contributed by atoms with Crippen LogP contribution >= 0.6 is 0 Å². The second-order valence-electron chi connectivity index (χ2n) is 5.77. The standard InChI is InChI=1S/C13H27NO2/c1-13(2,10-14-12(8-15)9-16)11-6-4-3-5-7-11/h11-12,14-16H,3-10H2,1-2H3. The summed E-state index contributed by atoms with van der Waals surface area (Å²) in [5.74, 6) is 0.784. The van der Waals surface area contributed by atoms with Crippen molar-refractivity contribution in [2.75, 3.05) is 19.8 Å². The van der Waals surface area contributed by atoms with Crippen molar-refractivity contribution in [1.82, 2.24) is 5.32 Å². The van der Waals surface area contributed by atoms with Gasteiger partial charge in [0.05, 0.1) is 19.3 Å². The highest BCUT2D eigenvalue weighted by molar-refractivity contribution is 4.84. The van der Waals surface area contributed by atoms with Crippen LogP contribution in [0.15, 0.2) is 0 Å². The van der Waals surface area contributed by atoms with Gasteiger partial charge in [-0.05, 0) is 24.2 Å². The number of hydrogen-bond donors (Lipinski definition) is 3. The summed E-state index contributed by atoms with van der Waals surface area (Å²) >= 11 is 0. The van der Waals surface area contributed by atoms with E-state index in [0.29, 0.717) is 0 Å².